The zero-order chi connectivity index (χ0) is 5.82. The normalized spacial score (nSPS) is 15.9. The summed E-state index contributed by atoms with van der Waals surface area (Å²) in [5, 5.41) is 0. The van der Waals surface area contributed by atoms with Crippen molar-refractivity contribution in [1.29, 1.82) is 0 Å². The molecule has 0 heterocycles. The molecule has 1 rings (SSSR count). The molecule has 1 aliphatic rings. The first-order chi connectivity index (χ1) is 3.93. The molecule has 0 radical (unpaired) electrons. The monoisotopic (exact) mass is 195 g/mol. The van der Waals surface area contributed by atoms with Crippen molar-refractivity contribution in [3.63, 3.8) is 0 Å². The van der Waals surface area contributed by atoms with Gasteiger partial charge in [-0.3, -0.25) is 6.08 Å². The quantitative estimate of drug-likeness (QED) is 0.564. The molecule has 0 aromatic rings. The Morgan fingerprint density at radius 1 is 1.67 bits per heavy atom. The summed E-state index contributed by atoms with van der Waals surface area (Å²) in [7, 11) is 0. The summed E-state index contributed by atoms with van der Waals surface area (Å²) in [6, 6.07) is 0. The number of allylic oxidation sites excluding steroid dienone is 6. The number of hydrogen-bond acceptors (Lipinski definition) is 0. The Hall–Kier alpha value is 0.103. The molecule has 0 atom stereocenters. The van der Waals surface area contributed by atoms with E-state index in [-0.39, 0.29) is 26.2 Å². The largest absolute Gasteiger partial charge is 0.272 e. The molecule has 0 aromatic carbocycles. The molecular formula is C8H9Zr-. The molecule has 9 heavy (non-hydrogen) atoms. The van der Waals surface area contributed by atoms with Crippen LogP contribution in [-0.4, -0.2) is 0 Å². The van der Waals surface area contributed by atoms with Crippen LogP contribution in [0.1, 0.15) is 13.3 Å². The van der Waals surface area contributed by atoms with E-state index in [1.807, 2.05) is 19.1 Å². The Balaban J connectivity index is 0.000000640. The van der Waals surface area contributed by atoms with Crippen LogP contribution >= 0.6 is 0 Å². The summed E-state index contributed by atoms with van der Waals surface area (Å²) >= 11 is 0. The maximum absolute atomic E-state index is 3.09. The van der Waals surface area contributed by atoms with Gasteiger partial charge in [0, 0.05) is 26.2 Å². The average Bonchev–Trinajstić information content (AvgIpc) is 2.19. The van der Waals surface area contributed by atoms with Gasteiger partial charge in [0.1, 0.15) is 0 Å². The molecule has 0 fully saturated rings. The fourth-order valence-corrected chi connectivity index (χ4v) is 0.721. The summed E-state index contributed by atoms with van der Waals surface area (Å²) in [5.41, 5.74) is 1.28. The summed E-state index contributed by atoms with van der Waals surface area (Å²) in [4.78, 5) is 0. The van der Waals surface area contributed by atoms with Gasteiger partial charge in [0.05, 0.1) is 0 Å². The molecule has 0 aromatic heterocycles. The van der Waals surface area contributed by atoms with Crippen molar-refractivity contribution in [3.8, 4) is 0 Å². The first-order valence-electron chi connectivity index (χ1n) is 2.83. The Labute approximate surface area is 75.5 Å². The molecule has 0 nitrogen and oxygen atoms in total. The molecule has 0 N–H and O–H groups in total. The fourth-order valence-electron chi connectivity index (χ4n) is 0.721. The second-order valence-electron chi connectivity index (χ2n) is 1.76. The van der Waals surface area contributed by atoms with Crippen LogP contribution in [0.15, 0.2) is 29.9 Å². The molecule has 0 aliphatic heterocycles. The minimum absolute atomic E-state index is 0. The van der Waals surface area contributed by atoms with E-state index in [0.29, 0.717) is 0 Å². The fraction of sp³-hybridized carbons (Fsp3) is 0.250. The van der Waals surface area contributed by atoms with Crippen molar-refractivity contribution >= 4 is 0 Å². The van der Waals surface area contributed by atoms with Gasteiger partial charge in [0.15, 0.2) is 0 Å². The SMILES string of the molecule is C/C=C\C1=CC[C-]=C1.[Zr]. The zero-order valence-corrected chi connectivity index (χ0v) is 7.97. The third-order valence-electron chi connectivity index (χ3n) is 1.08. The summed E-state index contributed by atoms with van der Waals surface area (Å²) in [5.74, 6) is 0. The van der Waals surface area contributed by atoms with Gasteiger partial charge in [-0.15, -0.1) is 18.6 Å². The van der Waals surface area contributed by atoms with Crippen molar-refractivity contribution in [2.45, 2.75) is 13.3 Å². The van der Waals surface area contributed by atoms with Crippen molar-refractivity contribution in [2.75, 3.05) is 0 Å². The van der Waals surface area contributed by atoms with Crippen LogP contribution in [0.3, 0.4) is 0 Å². The Morgan fingerprint density at radius 3 is 2.89 bits per heavy atom. The molecule has 0 amide bonds. The molecule has 0 saturated heterocycles. The molecule has 1 heteroatoms. The first kappa shape index (κ1) is 9.10. The van der Waals surface area contributed by atoms with E-state index in [1.165, 1.54) is 5.57 Å². The van der Waals surface area contributed by atoms with Crippen LogP contribution < -0.4 is 0 Å². The van der Waals surface area contributed by atoms with Gasteiger partial charge in [-0.25, -0.2) is 6.08 Å². The van der Waals surface area contributed by atoms with Crippen molar-refractivity contribution in [3.05, 3.63) is 36.0 Å². The molecule has 46 valence electrons. The van der Waals surface area contributed by atoms with Gasteiger partial charge in [-0.1, -0.05) is 0 Å². The van der Waals surface area contributed by atoms with E-state index >= 15 is 0 Å². The van der Waals surface area contributed by atoms with Crippen LogP contribution in [0.2, 0.25) is 0 Å². The van der Waals surface area contributed by atoms with Crippen LogP contribution in [0.25, 0.3) is 0 Å². The maximum Gasteiger partial charge on any atom is 0 e. The van der Waals surface area contributed by atoms with E-state index in [2.05, 4.69) is 18.2 Å². The van der Waals surface area contributed by atoms with Crippen LogP contribution in [0.5, 0.6) is 0 Å². The predicted octanol–water partition coefficient (Wildman–Crippen LogP) is 2.25. The van der Waals surface area contributed by atoms with Crippen LogP contribution in [-0.2, 0) is 26.2 Å². The van der Waals surface area contributed by atoms with Crippen LogP contribution in [0.4, 0.5) is 0 Å². The molecule has 0 saturated carbocycles. The molecule has 0 unspecified atom stereocenters. The van der Waals surface area contributed by atoms with Crippen LogP contribution in [0, 0.1) is 6.08 Å². The van der Waals surface area contributed by atoms with E-state index < -0.39 is 0 Å². The standard InChI is InChI=1S/C8H9.Zr/c1-2-5-8-6-3-4-7-8;/h2,5-7H,3H2,1H3;/q-1;/b5-2-;. The number of rotatable bonds is 1. The number of hydrogen-bond donors (Lipinski definition) is 0. The van der Waals surface area contributed by atoms with Gasteiger partial charge >= 0.3 is 0 Å². The van der Waals surface area contributed by atoms with Crippen molar-refractivity contribution in [1.82, 2.24) is 0 Å². The third-order valence-corrected chi connectivity index (χ3v) is 1.08. The first-order valence-corrected chi connectivity index (χ1v) is 2.83. The minimum Gasteiger partial charge on any atom is -0.272 e. The molecule has 0 spiro atoms. The Morgan fingerprint density at radius 2 is 2.44 bits per heavy atom. The second-order valence-corrected chi connectivity index (χ2v) is 1.76. The summed E-state index contributed by atoms with van der Waals surface area (Å²) < 4.78 is 0. The Bertz CT molecular complexity index is 152. The third kappa shape index (κ3) is 2.96. The Kier molecular flexibility index (Phi) is 4.99. The molecular weight excluding hydrogens is 187 g/mol. The minimum atomic E-state index is 0. The summed E-state index contributed by atoms with van der Waals surface area (Å²) in [6.45, 7) is 2.02. The van der Waals surface area contributed by atoms with Gasteiger partial charge in [0.25, 0.3) is 0 Å². The van der Waals surface area contributed by atoms with Gasteiger partial charge in [0.2, 0.25) is 0 Å². The summed E-state index contributed by atoms with van der Waals surface area (Å²) in [6.07, 6.45) is 12.4. The topological polar surface area (TPSA) is 0 Å². The van der Waals surface area contributed by atoms with Crippen molar-refractivity contribution in [2.24, 2.45) is 0 Å². The van der Waals surface area contributed by atoms with Crippen molar-refractivity contribution < 1.29 is 26.2 Å². The van der Waals surface area contributed by atoms with E-state index in [4.69, 9.17) is 0 Å². The predicted molar refractivity (Wildman–Crippen MR) is 35.3 cm³/mol. The van der Waals surface area contributed by atoms with E-state index in [9.17, 15) is 0 Å². The zero-order valence-electron chi connectivity index (χ0n) is 5.52. The second kappa shape index (κ2) is 4.93. The van der Waals surface area contributed by atoms with Gasteiger partial charge in [-0.2, -0.15) is 11.6 Å². The van der Waals surface area contributed by atoms with E-state index in [1.54, 1.807) is 0 Å². The van der Waals surface area contributed by atoms with E-state index in [0.717, 1.165) is 6.42 Å². The molecule has 0 bridgehead atoms. The average molecular weight is 196 g/mol. The van der Waals surface area contributed by atoms with Gasteiger partial charge in [-0.05, 0) is 6.92 Å². The maximum atomic E-state index is 3.09. The van der Waals surface area contributed by atoms with Gasteiger partial charge < -0.3 is 0 Å². The molecule has 1 aliphatic carbocycles. The smallest absolute Gasteiger partial charge is 0 e.